The van der Waals surface area contributed by atoms with Gasteiger partial charge in [0.2, 0.25) is 0 Å². The van der Waals surface area contributed by atoms with Gasteiger partial charge in [-0.05, 0) is 48.4 Å². The SMILES string of the molecule is NCCc1ccc(O)c(-c2ccc(Br)cc2)c1. The predicted octanol–water partition coefficient (Wildman–Crippen LogP) is 3.32. The van der Waals surface area contributed by atoms with Crippen molar-refractivity contribution in [2.24, 2.45) is 5.73 Å². The molecular formula is C14H14BrNO. The highest BCUT2D eigenvalue weighted by Gasteiger charge is 2.05. The van der Waals surface area contributed by atoms with Gasteiger partial charge in [-0.2, -0.15) is 0 Å². The number of aromatic hydroxyl groups is 1. The van der Waals surface area contributed by atoms with E-state index in [2.05, 4.69) is 15.9 Å². The van der Waals surface area contributed by atoms with Crippen LogP contribution in [0.2, 0.25) is 0 Å². The molecule has 0 fully saturated rings. The van der Waals surface area contributed by atoms with Gasteiger partial charge in [0, 0.05) is 10.0 Å². The van der Waals surface area contributed by atoms with Crippen LogP contribution in [-0.2, 0) is 6.42 Å². The minimum absolute atomic E-state index is 0.299. The molecule has 0 unspecified atom stereocenters. The molecule has 0 saturated carbocycles. The van der Waals surface area contributed by atoms with Gasteiger partial charge in [-0.1, -0.05) is 34.1 Å². The maximum atomic E-state index is 9.88. The molecular weight excluding hydrogens is 278 g/mol. The summed E-state index contributed by atoms with van der Waals surface area (Å²) in [5, 5.41) is 9.88. The Labute approximate surface area is 109 Å². The van der Waals surface area contributed by atoms with Gasteiger partial charge < -0.3 is 10.8 Å². The monoisotopic (exact) mass is 291 g/mol. The average Bonchev–Trinajstić information content (AvgIpc) is 2.33. The molecule has 17 heavy (non-hydrogen) atoms. The van der Waals surface area contributed by atoms with Crippen molar-refractivity contribution in [1.82, 2.24) is 0 Å². The predicted molar refractivity (Wildman–Crippen MR) is 74.0 cm³/mol. The van der Waals surface area contributed by atoms with E-state index in [4.69, 9.17) is 5.73 Å². The van der Waals surface area contributed by atoms with E-state index in [1.54, 1.807) is 6.07 Å². The van der Waals surface area contributed by atoms with E-state index in [9.17, 15) is 5.11 Å². The van der Waals surface area contributed by atoms with E-state index in [-0.39, 0.29) is 0 Å². The van der Waals surface area contributed by atoms with Crippen LogP contribution in [0.3, 0.4) is 0 Å². The third-order valence-corrected chi connectivity index (χ3v) is 3.18. The topological polar surface area (TPSA) is 46.2 Å². The lowest BCUT2D eigenvalue weighted by molar-refractivity contribution is 0.477. The van der Waals surface area contributed by atoms with Crippen molar-refractivity contribution in [2.75, 3.05) is 6.54 Å². The molecule has 0 aliphatic carbocycles. The standard InChI is InChI=1S/C14H14BrNO/c15-12-4-2-11(3-5-12)13-9-10(7-8-16)1-6-14(13)17/h1-6,9,17H,7-8,16H2. The molecule has 0 aliphatic heterocycles. The number of hydrogen-bond donors (Lipinski definition) is 2. The molecule has 0 aliphatic rings. The Balaban J connectivity index is 2.42. The van der Waals surface area contributed by atoms with E-state index in [0.717, 1.165) is 27.6 Å². The highest BCUT2D eigenvalue weighted by atomic mass is 79.9. The van der Waals surface area contributed by atoms with Crippen molar-refractivity contribution in [3.8, 4) is 16.9 Å². The fraction of sp³-hybridized carbons (Fsp3) is 0.143. The lowest BCUT2D eigenvalue weighted by atomic mass is 10.0. The van der Waals surface area contributed by atoms with Gasteiger partial charge in [0.25, 0.3) is 0 Å². The quantitative estimate of drug-likeness (QED) is 0.911. The minimum Gasteiger partial charge on any atom is -0.507 e. The Morgan fingerprint density at radius 2 is 1.76 bits per heavy atom. The van der Waals surface area contributed by atoms with Crippen LogP contribution in [0.1, 0.15) is 5.56 Å². The molecule has 0 amide bonds. The van der Waals surface area contributed by atoms with Gasteiger partial charge in [-0.3, -0.25) is 0 Å². The second kappa shape index (κ2) is 5.34. The summed E-state index contributed by atoms with van der Waals surface area (Å²) in [4.78, 5) is 0. The first-order valence-corrected chi connectivity index (χ1v) is 6.28. The molecule has 3 N–H and O–H groups in total. The molecule has 2 nitrogen and oxygen atoms in total. The Bertz CT molecular complexity index is 508. The van der Waals surface area contributed by atoms with Gasteiger partial charge in [0.15, 0.2) is 0 Å². The Hall–Kier alpha value is -1.32. The number of benzene rings is 2. The van der Waals surface area contributed by atoms with E-state index >= 15 is 0 Å². The van der Waals surface area contributed by atoms with Crippen LogP contribution < -0.4 is 5.73 Å². The van der Waals surface area contributed by atoms with Gasteiger partial charge >= 0.3 is 0 Å². The smallest absolute Gasteiger partial charge is 0.123 e. The van der Waals surface area contributed by atoms with Crippen LogP contribution >= 0.6 is 15.9 Å². The number of phenolic OH excluding ortho intramolecular Hbond substituents is 1. The Kier molecular flexibility index (Phi) is 3.82. The summed E-state index contributed by atoms with van der Waals surface area (Å²) in [5.41, 5.74) is 8.54. The fourth-order valence-electron chi connectivity index (χ4n) is 1.77. The minimum atomic E-state index is 0.299. The molecule has 2 aromatic carbocycles. The van der Waals surface area contributed by atoms with Gasteiger partial charge in [0.05, 0.1) is 0 Å². The van der Waals surface area contributed by atoms with Crippen LogP contribution in [-0.4, -0.2) is 11.7 Å². The summed E-state index contributed by atoms with van der Waals surface area (Å²) in [6.07, 6.45) is 0.823. The fourth-order valence-corrected chi connectivity index (χ4v) is 2.03. The molecule has 0 heterocycles. The zero-order chi connectivity index (χ0) is 12.3. The largest absolute Gasteiger partial charge is 0.507 e. The van der Waals surface area contributed by atoms with Crippen LogP contribution in [0.15, 0.2) is 46.9 Å². The number of halogens is 1. The normalized spacial score (nSPS) is 10.5. The summed E-state index contributed by atoms with van der Waals surface area (Å²) >= 11 is 3.40. The van der Waals surface area contributed by atoms with Crippen LogP contribution in [0, 0.1) is 0 Å². The summed E-state index contributed by atoms with van der Waals surface area (Å²) in [5.74, 6) is 0.299. The summed E-state index contributed by atoms with van der Waals surface area (Å²) < 4.78 is 1.03. The number of nitrogens with two attached hydrogens (primary N) is 1. The molecule has 3 heteroatoms. The molecule has 0 aromatic heterocycles. The van der Waals surface area contributed by atoms with Gasteiger partial charge in [-0.15, -0.1) is 0 Å². The average molecular weight is 292 g/mol. The van der Waals surface area contributed by atoms with Crippen LogP contribution in [0.4, 0.5) is 0 Å². The first kappa shape index (κ1) is 12.1. The lowest BCUT2D eigenvalue weighted by Crippen LogP contribution is -2.02. The molecule has 88 valence electrons. The highest BCUT2D eigenvalue weighted by Crippen LogP contribution is 2.30. The van der Waals surface area contributed by atoms with Crippen molar-refractivity contribution in [3.63, 3.8) is 0 Å². The van der Waals surface area contributed by atoms with Crippen molar-refractivity contribution in [3.05, 3.63) is 52.5 Å². The second-order valence-corrected chi connectivity index (χ2v) is 4.81. The third kappa shape index (κ3) is 2.87. The Morgan fingerprint density at radius 1 is 1.06 bits per heavy atom. The molecule has 0 radical (unpaired) electrons. The summed E-state index contributed by atoms with van der Waals surface area (Å²) in [6, 6.07) is 13.5. The van der Waals surface area contributed by atoms with E-state index in [1.807, 2.05) is 36.4 Å². The van der Waals surface area contributed by atoms with E-state index in [1.165, 1.54) is 0 Å². The molecule has 2 aromatic rings. The molecule has 0 saturated heterocycles. The van der Waals surface area contributed by atoms with Crippen molar-refractivity contribution in [2.45, 2.75) is 6.42 Å². The maximum absolute atomic E-state index is 9.88. The van der Waals surface area contributed by atoms with Crippen molar-refractivity contribution < 1.29 is 5.11 Å². The van der Waals surface area contributed by atoms with E-state index < -0.39 is 0 Å². The third-order valence-electron chi connectivity index (χ3n) is 2.65. The number of phenols is 1. The lowest BCUT2D eigenvalue weighted by Gasteiger charge is -2.07. The van der Waals surface area contributed by atoms with Crippen molar-refractivity contribution >= 4 is 15.9 Å². The molecule has 2 rings (SSSR count). The molecule has 0 atom stereocenters. The summed E-state index contributed by atoms with van der Waals surface area (Å²) in [6.45, 7) is 0.616. The van der Waals surface area contributed by atoms with Crippen LogP contribution in [0.5, 0.6) is 5.75 Å². The second-order valence-electron chi connectivity index (χ2n) is 3.90. The Morgan fingerprint density at radius 3 is 2.41 bits per heavy atom. The molecule has 0 bridgehead atoms. The maximum Gasteiger partial charge on any atom is 0.123 e. The summed E-state index contributed by atoms with van der Waals surface area (Å²) in [7, 11) is 0. The number of hydrogen-bond acceptors (Lipinski definition) is 2. The first-order valence-electron chi connectivity index (χ1n) is 5.48. The highest BCUT2D eigenvalue weighted by molar-refractivity contribution is 9.10. The number of rotatable bonds is 3. The first-order chi connectivity index (χ1) is 8.20. The van der Waals surface area contributed by atoms with Crippen molar-refractivity contribution in [1.29, 1.82) is 0 Å². The zero-order valence-electron chi connectivity index (χ0n) is 9.36. The van der Waals surface area contributed by atoms with Crippen LogP contribution in [0.25, 0.3) is 11.1 Å². The van der Waals surface area contributed by atoms with Gasteiger partial charge in [0.1, 0.15) is 5.75 Å². The van der Waals surface area contributed by atoms with Gasteiger partial charge in [-0.25, -0.2) is 0 Å². The zero-order valence-corrected chi connectivity index (χ0v) is 10.9. The van der Waals surface area contributed by atoms with E-state index in [0.29, 0.717) is 12.3 Å². The molecule has 0 spiro atoms.